The lowest BCUT2D eigenvalue weighted by Gasteiger charge is -1.96. The molecule has 1 aliphatic carbocycles. The van der Waals surface area contributed by atoms with Gasteiger partial charge in [0.25, 0.3) is 0 Å². The summed E-state index contributed by atoms with van der Waals surface area (Å²) < 4.78 is 0. The van der Waals surface area contributed by atoms with E-state index >= 15 is 0 Å². The lowest BCUT2D eigenvalue weighted by atomic mass is 10.1. The van der Waals surface area contributed by atoms with Gasteiger partial charge in [-0.15, -0.1) is 12.3 Å². The second-order valence-corrected chi connectivity index (χ2v) is 3.01. The van der Waals surface area contributed by atoms with Gasteiger partial charge in [0.05, 0.1) is 0 Å². The molecule has 0 radical (unpaired) electrons. The topological polar surface area (TPSA) is 0 Å². The molecule has 0 saturated heterocycles. The van der Waals surface area contributed by atoms with E-state index in [-0.39, 0.29) is 0 Å². The second-order valence-electron chi connectivity index (χ2n) is 3.01. The molecule has 0 nitrogen and oxygen atoms in total. The summed E-state index contributed by atoms with van der Waals surface area (Å²) in [7, 11) is 0. The van der Waals surface area contributed by atoms with Gasteiger partial charge in [-0.25, -0.2) is 0 Å². The van der Waals surface area contributed by atoms with Crippen LogP contribution in [0.15, 0.2) is 30.5 Å². The Balaban J connectivity index is 2.51. The first-order valence-electron chi connectivity index (χ1n) is 3.79. The summed E-state index contributed by atoms with van der Waals surface area (Å²) in [5.74, 6) is 1.64. The number of hydrogen-bond donors (Lipinski definition) is 0. The molecule has 54 valence electrons. The first-order valence-corrected chi connectivity index (χ1v) is 3.79. The van der Waals surface area contributed by atoms with E-state index in [0.717, 1.165) is 18.3 Å². The average Bonchev–Trinajstić information content (AvgIpc) is 2.62. The summed E-state index contributed by atoms with van der Waals surface area (Å²) in [4.78, 5) is 0. The fourth-order valence-electron chi connectivity index (χ4n) is 1.32. The fourth-order valence-corrected chi connectivity index (χ4v) is 1.32. The molecule has 1 fully saturated rings. The van der Waals surface area contributed by atoms with E-state index in [9.17, 15) is 0 Å². The lowest BCUT2D eigenvalue weighted by molar-refractivity contribution is 0.837. The van der Waals surface area contributed by atoms with E-state index in [1.54, 1.807) is 0 Å². The molecule has 0 bridgehead atoms. The third kappa shape index (κ3) is 1.40. The van der Waals surface area contributed by atoms with E-state index in [1.165, 1.54) is 12.0 Å². The Kier molecular flexibility index (Phi) is 2.13. The molecule has 0 aromatic heterocycles. The maximum atomic E-state index is 3.70. The predicted octanol–water partition coefficient (Wildman–Crippen LogP) is 2.93. The standard InChI is InChI=1S/C10H14/c1-4-6-9(5-2)10-7-8(10)3/h4,8,10H,1-2,6-7H2,3H3. The molecule has 2 atom stereocenters. The molecule has 0 aromatic rings. The second kappa shape index (κ2) is 2.90. The Morgan fingerprint density at radius 3 is 2.70 bits per heavy atom. The van der Waals surface area contributed by atoms with Crippen LogP contribution in [0.25, 0.3) is 0 Å². The molecule has 0 aliphatic heterocycles. The van der Waals surface area contributed by atoms with Crippen molar-refractivity contribution in [3.8, 4) is 0 Å². The summed E-state index contributed by atoms with van der Waals surface area (Å²) in [6.45, 7) is 9.63. The van der Waals surface area contributed by atoms with Gasteiger partial charge in [0.15, 0.2) is 0 Å². The molecule has 0 amide bonds. The first-order chi connectivity index (χ1) is 4.79. The molecule has 0 heteroatoms. The smallest absolute Gasteiger partial charge is 0.00625 e. The zero-order chi connectivity index (χ0) is 7.56. The van der Waals surface area contributed by atoms with Crippen molar-refractivity contribution in [2.45, 2.75) is 19.8 Å². The maximum Gasteiger partial charge on any atom is -0.00625 e. The minimum Gasteiger partial charge on any atom is -0.129 e. The van der Waals surface area contributed by atoms with Crippen molar-refractivity contribution in [1.29, 1.82) is 0 Å². The molecule has 0 aromatic carbocycles. The van der Waals surface area contributed by atoms with Crippen molar-refractivity contribution in [3.05, 3.63) is 30.5 Å². The lowest BCUT2D eigenvalue weighted by Crippen LogP contribution is -1.83. The molecule has 0 N–H and O–H groups in total. The summed E-state index contributed by atoms with van der Waals surface area (Å²) in [6, 6.07) is 0. The Morgan fingerprint density at radius 2 is 2.40 bits per heavy atom. The molecule has 0 heterocycles. The highest BCUT2D eigenvalue weighted by molar-refractivity contribution is 5.15. The van der Waals surface area contributed by atoms with E-state index in [2.05, 4.69) is 25.8 Å². The predicted molar refractivity (Wildman–Crippen MR) is 44.7 cm³/mol. The van der Waals surface area contributed by atoms with Crippen LogP contribution >= 0.6 is 0 Å². The summed E-state index contributed by atoms with van der Waals surface area (Å²) in [6.07, 6.45) is 4.22. The molecule has 10 heavy (non-hydrogen) atoms. The SMILES string of the molecule is C=C=C(CC=C)C1CC1C. The summed E-state index contributed by atoms with van der Waals surface area (Å²) in [5.41, 5.74) is 4.34. The Morgan fingerprint density at radius 1 is 1.80 bits per heavy atom. The largest absolute Gasteiger partial charge is 0.129 e. The van der Waals surface area contributed by atoms with Gasteiger partial charge in [0, 0.05) is 0 Å². The van der Waals surface area contributed by atoms with Crippen molar-refractivity contribution in [3.63, 3.8) is 0 Å². The van der Waals surface area contributed by atoms with Crippen LogP contribution in [0.2, 0.25) is 0 Å². The molecular weight excluding hydrogens is 120 g/mol. The van der Waals surface area contributed by atoms with Crippen molar-refractivity contribution in [1.82, 2.24) is 0 Å². The van der Waals surface area contributed by atoms with Gasteiger partial charge in [-0.1, -0.05) is 19.6 Å². The molecule has 1 rings (SSSR count). The molecular formula is C10H14. The van der Waals surface area contributed by atoms with Crippen LogP contribution in [0.5, 0.6) is 0 Å². The van der Waals surface area contributed by atoms with Crippen LogP contribution in [0, 0.1) is 11.8 Å². The van der Waals surface area contributed by atoms with E-state index in [1.807, 2.05) is 6.08 Å². The van der Waals surface area contributed by atoms with Gasteiger partial charge in [-0.3, -0.25) is 0 Å². The quantitative estimate of drug-likeness (QED) is 0.411. The van der Waals surface area contributed by atoms with Crippen molar-refractivity contribution in [2.24, 2.45) is 11.8 Å². The van der Waals surface area contributed by atoms with Gasteiger partial charge in [0.2, 0.25) is 0 Å². The zero-order valence-electron chi connectivity index (χ0n) is 6.56. The third-order valence-electron chi connectivity index (χ3n) is 2.15. The van der Waals surface area contributed by atoms with Crippen molar-refractivity contribution >= 4 is 0 Å². The van der Waals surface area contributed by atoms with Gasteiger partial charge in [-0.05, 0) is 30.3 Å². The maximum absolute atomic E-state index is 3.70. The molecule has 1 saturated carbocycles. The normalized spacial score (nSPS) is 28.9. The summed E-state index contributed by atoms with van der Waals surface area (Å²) >= 11 is 0. The van der Waals surface area contributed by atoms with Gasteiger partial charge >= 0.3 is 0 Å². The van der Waals surface area contributed by atoms with Crippen LogP contribution < -0.4 is 0 Å². The number of allylic oxidation sites excluding steroid dienone is 2. The van der Waals surface area contributed by atoms with Gasteiger partial charge in [-0.2, -0.15) is 0 Å². The minimum atomic E-state index is 0.774. The first kappa shape index (κ1) is 7.37. The molecule has 2 unspecified atom stereocenters. The average molecular weight is 134 g/mol. The van der Waals surface area contributed by atoms with Crippen LogP contribution in [0.4, 0.5) is 0 Å². The minimum absolute atomic E-state index is 0.774. The Bertz CT molecular complexity index is 182. The van der Waals surface area contributed by atoms with Crippen LogP contribution in [-0.2, 0) is 0 Å². The number of rotatable bonds is 3. The number of hydrogen-bond acceptors (Lipinski definition) is 0. The van der Waals surface area contributed by atoms with E-state index < -0.39 is 0 Å². The van der Waals surface area contributed by atoms with Crippen LogP contribution in [0.3, 0.4) is 0 Å². The van der Waals surface area contributed by atoms with E-state index in [4.69, 9.17) is 0 Å². The third-order valence-corrected chi connectivity index (χ3v) is 2.15. The Labute approximate surface area is 62.9 Å². The van der Waals surface area contributed by atoms with Gasteiger partial charge in [0.1, 0.15) is 0 Å². The highest BCUT2D eigenvalue weighted by atomic mass is 14.4. The zero-order valence-corrected chi connectivity index (χ0v) is 6.56. The fraction of sp³-hybridized carbons (Fsp3) is 0.500. The monoisotopic (exact) mass is 134 g/mol. The highest BCUT2D eigenvalue weighted by Gasteiger charge is 2.34. The van der Waals surface area contributed by atoms with Crippen LogP contribution in [-0.4, -0.2) is 0 Å². The van der Waals surface area contributed by atoms with Crippen molar-refractivity contribution < 1.29 is 0 Å². The molecule has 1 aliphatic rings. The van der Waals surface area contributed by atoms with Crippen LogP contribution in [0.1, 0.15) is 19.8 Å². The summed E-state index contributed by atoms with van der Waals surface area (Å²) in [5, 5.41) is 0. The highest BCUT2D eigenvalue weighted by Crippen LogP contribution is 2.44. The Hall–Kier alpha value is -0.740. The van der Waals surface area contributed by atoms with E-state index in [0.29, 0.717) is 0 Å². The van der Waals surface area contributed by atoms with Crippen molar-refractivity contribution in [2.75, 3.05) is 0 Å². The van der Waals surface area contributed by atoms with Gasteiger partial charge < -0.3 is 0 Å². The molecule has 0 spiro atoms.